The molecule has 0 unspecified atom stereocenters. The molecular weight excluding hydrogens is 274 g/mol. The number of aliphatic imine (C=N–C) groups is 1. The van der Waals surface area contributed by atoms with Gasteiger partial charge in [0.1, 0.15) is 11.4 Å². The van der Waals surface area contributed by atoms with Crippen molar-refractivity contribution in [2.24, 2.45) is 4.99 Å². The highest BCUT2D eigenvalue weighted by Crippen LogP contribution is 2.10. The van der Waals surface area contributed by atoms with E-state index in [2.05, 4.69) is 10.3 Å². The number of hydrogen-bond donors (Lipinski definition) is 1. The molecule has 0 atom stereocenters. The van der Waals surface area contributed by atoms with Crippen molar-refractivity contribution in [3.8, 4) is 0 Å². The zero-order valence-corrected chi connectivity index (χ0v) is 13.3. The van der Waals surface area contributed by atoms with Crippen LogP contribution in [0.4, 0.5) is 4.79 Å². The molecule has 0 saturated carbocycles. The second kappa shape index (κ2) is 7.85. The smallest absolute Gasteiger partial charge is 0.410 e. The highest BCUT2D eigenvalue weighted by molar-refractivity contribution is 5.88. The first-order valence-electron chi connectivity index (χ1n) is 7.22. The van der Waals surface area contributed by atoms with Crippen LogP contribution in [0.15, 0.2) is 4.99 Å². The van der Waals surface area contributed by atoms with Gasteiger partial charge in [-0.15, -0.1) is 0 Å². The van der Waals surface area contributed by atoms with Gasteiger partial charge in [0, 0.05) is 13.1 Å². The maximum atomic E-state index is 12.0. The third-order valence-electron chi connectivity index (χ3n) is 2.63. The fraction of sp³-hybridized carbons (Fsp3) is 0.786. The lowest BCUT2D eigenvalue weighted by Gasteiger charge is -2.29. The molecule has 0 aromatic rings. The van der Waals surface area contributed by atoms with Crippen LogP contribution in [-0.2, 0) is 14.3 Å². The molecule has 7 heteroatoms. The van der Waals surface area contributed by atoms with Crippen molar-refractivity contribution in [1.29, 1.82) is 0 Å². The lowest BCUT2D eigenvalue weighted by Crippen LogP contribution is -2.47. The van der Waals surface area contributed by atoms with Crippen molar-refractivity contribution in [2.75, 3.05) is 32.8 Å². The van der Waals surface area contributed by atoms with Crippen LogP contribution in [0.1, 0.15) is 34.1 Å². The van der Waals surface area contributed by atoms with E-state index in [9.17, 15) is 9.59 Å². The molecule has 1 aliphatic rings. The molecule has 1 N–H and O–H groups in total. The van der Waals surface area contributed by atoms with Crippen molar-refractivity contribution < 1.29 is 19.1 Å². The molecule has 1 heterocycles. The van der Waals surface area contributed by atoms with Gasteiger partial charge in [0.15, 0.2) is 0 Å². The largest absolute Gasteiger partial charge is 0.466 e. The highest BCUT2D eigenvalue weighted by atomic mass is 16.6. The minimum atomic E-state index is -0.511. The third kappa shape index (κ3) is 6.97. The van der Waals surface area contributed by atoms with Gasteiger partial charge in [-0.2, -0.15) is 0 Å². The fourth-order valence-corrected chi connectivity index (χ4v) is 1.75. The molecule has 0 fully saturated rings. The van der Waals surface area contributed by atoms with Gasteiger partial charge in [0.2, 0.25) is 0 Å². The summed E-state index contributed by atoms with van der Waals surface area (Å²) in [6.45, 7) is 9.54. The van der Waals surface area contributed by atoms with Crippen LogP contribution < -0.4 is 5.32 Å². The van der Waals surface area contributed by atoms with Gasteiger partial charge in [-0.1, -0.05) is 0 Å². The van der Waals surface area contributed by atoms with E-state index in [1.807, 2.05) is 20.8 Å². The number of carbonyl (C=O) groups is 2. The Balaban J connectivity index is 2.36. The lowest BCUT2D eigenvalue weighted by molar-refractivity contribution is -0.142. The molecule has 1 amide bonds. The second-order valence-electron chi connectivity index (χ2n) is 5.71. The number of nitrogens with one attached hydrogen (secondary N) is 1. The summed E-state index contributed by atoms with van der Waals surface area (Å²) in [6, 6.07) is 0. The standard InChI is InChI=1S/C14H25N3O4/c1-5-20-12(18)6-7-15-11-10-17(9-8-16-11)13(19)21-14(2,3)4/h5-10H2,1-4H3,(H,15,16). The van der Waals surface area contributed by atoms with Crippen molar-refractivity contribution in [3.63, 3.8) is 0 Å². The molecular formula is C14H25N3O4. The van der Waals surface area contributed by atoms with Gasteiger partial charge in [0.05, 0.1) is 26.1 Å². The third-order valence-corrected chi connectivity index (χ3v) is 2.63. The monoisotopic (exact) mass is 299 g/mol. The zero-order chi connectivity index (χ0) is 15.9. The molecule has 7 nitrogen and oxygen atoms in total. The predicted molar refractivity (Wildman–Crippen MR) is 79.4 cm³/mol. The van der Waals surface area contributed by atoms with Crippen molar-refractivity contribution in [2.45, 2.75) is 39.7 Å². The maximum absolute atomic E-state index is 12.0. The van der Waals surface area contributed by atoms with E-state index in [0.29, 0.717) is 38.6 Å². The second-order valence-corrected chi connectivity index (χ2v) is 5.71. The first kappa shape index (κ1) is 17.3. The Morgan fingerprint density at radius 2 is 2.10 bits per heavy atom. The summed E-state index contributed by atoms with van der Waals surface area (Å²) in [7, 11) is 0. The summed E-state index contributed by atoms with van der Waals surface area (Å²) in [4.78, 5) is 29.1. The van der Waals surface area contributed by atoms with Crippen LogP contribution in [0.5, 0.6) is 0 Å². The molecule has 0 aliphatic carbocycles. The summed E-state index contributed by atoms with van der Waals surface area (Å²) in [5.74, 6) is 0.446. The minimum absolute atomic E-state index is 0.245. The molecule has 0 saturated heterocycles. The number of rotatable bonds is 4. The van der Waals surface area contributed by atoms with Crippen LogP contribution in [0.3, 0.4) is 0 Å². The topological polar surface area (TPSA) is 80.2 Å². The van der Waals surface area contributed by atoms with Crippen LogP contribution >= 0.6 is 0 Å². The average Bonchev–Trinajstić information content (AvgIpc) is 2.37. The minimum Gasteiger partial charge on any atom is -0.466 e. The van der Waals surface area contributed by atoms with Gasteiger partial charge < -0.3 is 14.8 Å². The normalized spacial score (nSPS) is 15.2. The zero-order valence-electron chi connectivity index (χ0n) is 13.3. The van der Waals surface area contributed by atoms with Gasteiger partial charge >= 0.3 is 12.1 Å². The van der Waals surface area contributed by atoms with E-state index in [0.717, 1.165) is 0 Å². The summed E-state index contributed by atoms with van der Waals surface area (Å²) in [5.41, 5.74) is -0.511. The molecule has 1 aliphatic heterocycles. The van der Waals surface area contributed by atoms with Gasteiger partial charge in [-0.25, -0.2) is 4.79 Å². The Bertz CT molecular complexity index is 402. The van der Waals surface area contributed by atoms with Gasteiger partial charge in [0.25, 0.3) is 0 Å². The Hall–Kier alpha value is -1.79. The van der Waals surface area contributed by atoms with Crippen molar-refractivity contribution >= 4 is 17.9 Å². The maximum Gasteiger partial charge on any atom is 0.410 e. The van der Waals surface area contributed by atoms with Gasteiger partial charge in [-0.3, -0.25) is 14.7 Å². The van der Waals surface area contributed by atoms with Crippen molar-refractivity contribution in [1.82, 2.24) is 10.2 Å². The van der Waals surface area contributed by atoms with Crippen molar-refractivity contribution in [3.05, 3.63) is 0 Å². The van der Waals surface area contributed by atoms with E-state index in [4.69, 9.17) is 9.47 Å². The highest BCUT2D eigenvalue weighted by Gasteiger charge is 2.24. The molecule has 0 spiro atoms. The van der Waals surface area contributed by atoms with Crippen LogP contribution in [0.2, 0.25) is 0 Å². The van der Waals surface area contributed by atoms with E-state index in [1.165, 1.54) is 0 Å². The first-order chi connectivity index (χ1) is 9.81. The number of amidine groups is 1. The number of hydrogen-bond acceptors (Lipinski definition) is 6. The Morgan fingerprint density at radius 1 is 1.38 bits per heavy atom. The van der Waals surface area contributed by atoms with Crippen LogP contribution in [-0.4, -0.2) is 61.2 Å². The quantitative estimate of drug-likeness (QED) is 0.788. The lowest BCUT2D eigenvalue weighted by atomic mass is 10.2. The fourth-order valence-electron chi connectivity index (χ4n) is 1.75. The van der Waals surface area contributed by atoms with E-state index in [1.54, 1.807) is 11.8 Å². The van der Waals surface area contributed by atoms with Crippen LogP contribution in [0, 0.1) is 0 Å². The number of ether oxygens (including phenoxy) is 2. The molecule has 21 heavy (non-hydrogen) atoms. The Kier molecular flexibility index (Phi) is 6.45. The number of amides is 1. The number of nitrogens with zero attached hydrogens (tertiary/aromatic N) is 2. The molecule has 0 aromatic heterocycles. The Morgan fingerprint density at radius 3 is 2.71 bits per heavy atom. The van der Waals surface area contributed by atoms with Crippen LogP contribution in [0.25, 0.3) is 0 Å². The molecule has 1 rings (SSSR count). The molecule has 0 radical (unpaired) electrons. The molecule has 0 aromatic carbocycles. The summed E-state index contributed by atoms with van der Waals surface area (Å²) in [6.07, 6.45) is -0.0682. The summed E-state index contributed by atoms with van der Waals surface area (Å²) >= 11 is 0. The van der Waals surface area contributed by atoms with E-state index in [-0.39, 0.29) is 18.5 Å². The average molecular weight is 299 g/mol. The van der Waals surface area contributed by atoms with Gasteiger partial charge in [-0.05, 0) is 27.7 Å². The predicted octanol–water partition coefficient (Wildman–Crippen LogP) is 1.18. The molecule has 120 valence electrons. The summed E-state index contributed by atoms with van der Waals surface area (Å²) in [5, 5.41) is 3.06. The number of esters is 1. The summed E-state index contributed by atoms with van der Waals surface area (Å²) < 4.78 is 10.2. The molecule has 0 bridgehead atoms. The van der Waals surface area contributed by atoms with E-state index < -0.39 is 5.60 Å². The van der Waals surface area contributed by atoms with E-state index >= 15 is 0 Å². The SMILES string of the molecule is CCOC(=O)CCNC1=NCCN(C(=O)OC(C)(C)C)C1. The number of carbonyl (C=O) groups excluding carboxylic acids is 2. The first-order valence-corrected chi connectivity index (χ1v) is 7.22. The Labute approximate surface area is 125 Å².